The van der Waals surface area contributed by atoms with Gasteiger partial charge in [-0.1, -0.05) is 13.3 Å². The molecule has 27 heavy (non-hydrogen) atoms. The van der Waals surface area contributed by atoms with Crippen LogP contribution in [0.4, 0.5) is 4.79 Å². The molecule has 156 valence electrons. The standard InChI is InChI=1S/C22H40N2O3/c1-2-3-8-26-10-11-27-9-6-4-5-7-23-21(25)24-22-15-18-12-19(16-22)14-20(13-18)17-22/h18-20H,2-17H2,1H3,(H2,23,24,25). The summed E-state index contributed by atoms with van der Waals surface area (Å²) < 4.78 is 11.0. The molecule has 0 aromatic carbocycles. The van der Waals surface area contributed by atoms with E-state index in [1.54, 1.807) is 0 Å². The highest BCUT2D eigenvalue weighted by atomic mass is 16.5. The van der Waals surface area contributed by atoms with Crippen LogP contribution in [0.25, 0.3) is 0 Å². The van der Waals surface area contributed by atoms with Crippen molar-refractivity contribution in [3.8, 4) is 0 Å². The SMILES string of the molecule is CCCCOCCOCCCCCNC(=O)NC12CC3CC(CC(C3)C1)C2. The smallest absolute Gasteiger partial charge is 0.315 e. The summed E-state index contributed by atoms with van der Waals surface area (Å²) in [6.45, 7) is 5.95. The third-order valence-electron chi connectivity index (χ3n) is 6.68. The second kappa shape index (κ2) is 10.7. The topological polar surface area (TPSA) is 59.6 Å². The molecule has 2 N–H and O–H groups in total. The Morgan fingerprint density at radius 3 is 2.04 bits per heavy atom. The van der Waals surface area contributed by atoms with Crippen molar-refractivity contribution in [1.29, 1.82) is 0 Å². The second-order valence-electron chi connectivity index (χ2n) is 9.22. The van der Waals surface area contributed by atoms with Crippen LogP contribution >= 0.6 is 0 Å². The van der Waals surface area contributed by atoms with Crippen molar-refractivity contribution in [2.24, 2.45) is 17.8 Å². The molecule has 5 nitrogen and oxygen atoms in total. The minimum atomic E-state index is 0.0532. The van der Waals surface area contributed by atoms with Gasteiger partial charge in [0, 0.05) is 25.3 Å². The molecule has 2 amide bonds. The Balaban J connectivity index is 1.16. The molecule has 0 atom stereocenters. The zero-order valence-corrected chi connectivity index (χ0v) is 17.3. The second-order valence-corrected chi connectivity index (χ2v) is 9.22. The Morgan fingerprint density at radius 1 is 0.852 bits per heavy atom. The number of nitrogens with one attached hydrogen (secondary N) is 2. The Bertz CT molecular complexity index is 420. The molecule has 4 bridgehead atoms. The van der Waals surface area contributed by atoms with Crippen molar-refractivity contribution in [3.05, 3.63) is 0 Å². The van der Waals surface area contributed by atoms with Gasteiger partial charge in [0.2, 0.25) is 0 Å². The van der Waals surface area contributed by atoms with Gasteiger partial charge in [-0.25, -0.2) is 4.79 Å². The van der Waals surface area contributed by atoms with Crippen molar-refractivity contribution in [2.75, 3.05) is 33.0 Å². The number of hydrogen-bond acceptors (Lipinski definition) is 3. The predicted molar refractivity (Wildman–Crippen MR) is 108 cm³/mol. The van der Waals surface area contributed by atoms with Gasteiger partial charge in [0.15, 0.2) is 0 Å². The van der Waals surface area contributed by atoms with Crippen LogP contribution in [0.2, 0.25) is 0 Å². The molecule has 0 heterocycles. The van der Waals surface area contributed by atoms with Crippen molar-refractivity contribution >= 4 is 6.03 Å². The van der Waals surface area contributed by atoms with Crippen LogP contribution in [-0.4, -0.2) is 44.5 Å². The van der Waals surface area contributed by atoms with Crippen LogP contribution in [0.5, 0.6) is 0 Å². The zero-order chi connectivity index (χ0) is 19.0. The van der Waals surface area contributed by atoms with Gasteiger partial charge in [-0.15, -0.1) is 0 Å². The molecular weight excluding hydrogens is 340 g/mol. The highest BCUT2D eigenvalue weighted by molar-refractivity contribution is 5.74. The van der Waals surface area contributed by atoms with Gasteiger partial charge in [-0.3, -0.25) is 0 Å². The first kappa shape index (κ1) is 20.9. The summed E-state index contributed by atoms with van der Waals surface area (Å²) in [5.41, 5.74) is 0.117. The van der Waals surface area contributed by atoms with E-state index < -0.39 is 0 Å². The van der Waals surface area contributed by atoms with E-state index in [0.717, 1.165) is 63.2 Å². The van der Waals surface area contributed by atoms with Gasteiger partial charge >= 0.3 is 6.03 Å². The van der Waals surface area contributed by atoms with E-state index in [1.807, 2.05) is 0 Å². The summed E-state index contributed by atoms with van der Waals surface area (Å²) in [5.74, 6) is 2.61. The van der Waals surface area contributed by atoms with Gasteiger partial charge in [-0.2, -0.15) is 0 Å². The van der Waals surface area contributed by atoms with Crippen LogP contribution in [0.1, 0.15) is 77.6 Å². The van der Waals surface area contributed by atoms with E-state index in [1.165, 1.54) is 44.9 Å². The lowest BCUT2D eigenvalue weighted by Crippen LogP contribution is -2.61. The number of urea groups is 1. The number of carbonyl (C=O) groups excluding carboxylic acids is 1. The van der Waals surface area contributed by atoms with E-state index >= 15 is 0 Å². The number of amides is 2. The molecule has 0 unspecified atom stereocenters. The number of ether oxygens (including phenoxy) is 2. The zero-order valence-electron chi connectivity index (χ0n) is 17.3. The van der Waals surface area contributed by atoms with Crippen molar-refractivity contribution in [3.63, 3.8) is 0 Å². The van der Waals surface area contributed by atoms with Crippen LogP contribution in [0.15, 0.2) is 0 Å². The van der Waals surface area contributed by atoms with Crippen LogP contribution in [0.3, 0.4) is 0 Å². The van der Waals surface area contributed by atoms with E-state index in [4.69, 9.17) is 9.47 Å². The molecule has 0 spiro atoms. The lowest BCUT2D eigenvalue weighted by molar-refractivity contribution is -0.0135. The molecule has 0 aromatic heterocycles. The number of rotatable bonds is 13. The Morgan fingerprint density at radius 2 is 1.44 bits per heavy atom. The van der Waals surface area contributed by atoms with Gasteiger partial charge in [-0.05, 0) is 82.0 Å². The minimum absolute atomic E-state index is 0.0532. The fourth-order valence-electron chi connectivity index (χ4n) is 5.82. The number of hydrogen-bond donors (Lipinski definition) is 2. The quantitative estimate of drug-likeness (QED) is 0.469. The molecule has 4 fully saturated rings. The van der Waals surface area contributed by atoms with Crippen molar-refractivity contribution in [1.82, 2.24) is 10.6 Å². The average molecular weight is 381 g/mol. The number of carbonyl (C=O) groups is 1. The maximum Gasteiger partial charge on any atom is 0.315 e. The van der Waals surface area contributed by atoms with Gasteiger partial charge in [0.25, 0.3) is 0 Å². The molecule has 0 aliphatic heterocycles. The molecule has 4 aliphatic carbocycles. The predicted octanol–water partition coefficient (Wildman–Crippen LogP) is 4.26. The summed E-state index contributed by atoms with van der Waals surface area (Å²) in [5, 5.41) is 6.45. The van der Waals surface area contributed by atoms with Gasteiger partial charge < -0.3 is 20.1 Å². The fourth-order valence-corrected chi connectivity index (χ4v) is 5.82. The summed E-state index contributed by atoms with van der Waals surface area (Å²) in [4.78, 5) is 12.3. The first-order chi connectivity index (χ1) is 13.2. The minimum Gasteiger partial charge on any atom is -0.379 e. The molecule has 4 rings (SSSR count). The summed E-state index contributed by atoms with van der Waals surface area (Å²) >= 11 is 0. The molecule has 0 aromatic rings. The molecule has 4 aliphatic rings. The van der Waals surface area contributed by atoms with E-state index in [2.05, 4.69) is 17.6 Å². The van der Waals surface area contributed by atoms with E-state index in [9.17, 15) is 4.79 Å². The normalized spacial score (nSPS) is 31.2. The Labute approximate surface area is 165 Å². The monoisotopic (exact) mass is 380 g/mol. The largest absolute Gasteiger partial charge is 0.379 e. The van der Waals surface area contributed by atoms with Crippen molar-refractivity contribution in [2.45, 2.75) is 83.1 Å². The highest BCUT2D eigenvalue weighted by Gasteiger charge is 2.51. The first-order valence-corrected chi connectivity index (χ1v) is 11.4. The summed E-state index contributed by atoms with van der Waals surface area (Å²) in [7, 11) is 0. The van der Waals surface area contributed by atoms with Crippen LogP contribution < -0.4 is 10.6 Å². The Hall–Kier alpha value is -0.810. The average Bonchev–Trinajstić information content (AvgIpc) is 2.61. The number of unbranched alkanes of at least 4 members (excludes halogenated alkanes) is 3. The Kier molecular flexibility index (Phi) is 8.25. The fraction of sp³-hybridized carbons (Fsp3) is 0.955. The third kappa shape index (κ3) is 6.63. The van der Waals surface area contributed by atoms with Crippen molar-refractivity contribution < 1.29 is 14.3 Å². The van der Waals surface area contributed by atoms with Crippen LogP contribution in [0, 0.1) is 17.8 Å². The maximum atomic E-state index is 12.3. The van der Waals surface area contributed by atoms with E-state index in [-0.39, 0.29) is 11.6 Å². The maximum absolute atomic E-state index is 12.3. The summed E-state index contributed by atoms with van der Waals surface area (Å²) in [6, 6.07) is 0.0532. The lowest BCUT2D eigenvalue weighted by Gasteiger charge is -2.56. The molecule has 0 saturated heterocycles. The molecule has 5 heteroatoms. The van der Waals surface area contributed by atoms with Gasteiger partial charge in [0.1, 0.15) is 0 Å². The molecule has 4 saturated carbocycles. The highest BCUT2D eigenvalue weighted by Crippen LogP contribution is 2.55. The summed E-state index contributed by atoms with van der Waals surface area (Å²) in [6.07, 6.45) is 13.3. The molecular formula is C22H40N2O3. The van der Waals surface area contributed by atoms with E-state index in [0.29, 0.717) is 13.2 Å². The lowest BCUT2D eigenvalue weighted by atomic mass is 9.53. The first-order valence-electron chi connectivity index (χ1n) is 11.4. The molecule has 0 radical (unpaired) electrons. The third-order valence-corrected chi connectivity index (χ3v) is 6.68. The van der Waals surface area contributed by atoms with Gasteiger partial charge in [0.05, 0.1) is 13.2 Å². The van der Waals surface area contributed by atoms with Crippen LogP contribution in [-0.2, 0) is 9.47 Å².